The van der Waals surface area contributed by atoms with Gasteiger partial charge in [-0.15, -0.1) is 24.9 Å². The van der Waals surface area contributed by atoms with Crippen molar-refractivity contribution in [1.82, 2.24) is 0 Å². The lowest BCUT2D eigenvalue weighted by Gasteiger charge is -2.45. The first kappa shape index (κ1) is 26.5. The fraction of sp³-hybridized carbons (Fsp3) is 0.419. The van der Waals surface area contributed by atoms with E-state index in [1.807, 2.05) is 23.9 Å². The molecular weight excluding hydrogens is 436 g/mol. The van der Waals surface area contributed by atoms with Crippen LogP contribution in [0.1, 0.15) is 54.7 Å². The van der Waals surface area contributed by atoms with Crippen LogP contribution in [0.3, 0.4) is 0 Å². The molecule has 2 nitrogen and oxygen atoms in total. The van der Waals surface area contributed by atoms with E-state index in [2.05, 4.69) is 94.6 Å². The summed E-state index contributed by atoms with van der Waals surface area (Å²) in [6.45, 7) is 15.5. The summed E-state index contributed by atoms with van der Waals surface area (Å²) in [6.07, 6.45) is 11.2. The summed E-state index contributed by atoms with van der Waals surface area (Å²) in [5, 5.41) is 0.750. The van der Waals surface area contributed by atoms with Gasteiger partial charge < -0.3 is 9.47 Å². The number of rotatable bonds is 12. The Bertz CT molecular complexity index is 933. The fourth-order valence-electron chi connectivity index (χ4n) is 4.69. The molecule has 3 rings (SSSR count). The van der Waals surface area contributed by atoms with Gasteiger partial charge in [-0.25, -0.2) is 0 Å². The highest BCUT2D eigenvalue weighted by molar-refractivity contribution is 8.00. The summed E-state index contributed by atoms with van der Waals surface area (Å²) >= 11 is 2.04. The number of benzene rings is 2. The summed E-state index contributed by atoms with van der Waals surface area (Å²) in [4.78, 5) is 0. The highest BCUT2D eigenvalue weighted by Gasteiger charge is 2.44. The molecule has 2 aromatic rings. The summed E-state index contributed by atoms with van der Waals surface area (Å²) < 4.78 is 12.7. The first-order valence-corrected chi connectivity index (χ1v) is 13.5. The van der Waals surface area contributed by atoms with Crippen molar-refractivity contribution in [3.8, 4) is 0 Å². The molecule has 1 saturated heterocycles. The normalized spacial score (nSPS) is 24.9. The number of hydrogen-bond donors (Lipinski definition) is 0. The summed E-state index contributed by atoms with van der Waals surface area (Å²) in [5.41, 5.74) is 5.25. The molecule has 1 heterocycles. The number of allylic oxidation sites excluding steroid dienone is 1. The molecule has 5 atom stereocenters. The van der Waals surface area contributed by atoms with Gasteiger partial charge in [0.1, 0.15) is 6.10 Å². The molecule has 1 aliphatic rings. The maximum atomic E-state index is 6.36. The Labute approximate surface area is 211 Å². The standard InChI is InChI=1S/C31H40O2S/c1-6-20-32-29-23(5)28(9-4)34-31(30(29)33-21-7-2)27-15-11-14-26(22-27)13-10-12-25-18-16-24(8-3)17-19-25/h6-7,10-12,14-19,22-23,28-31H,1-2,8-9,13,20-21H2,3-5H3/b12-10+/t23-,28-,29+,30-,31+/m1/s1. The average Bonchev–Trinajstić information content (AvgIpc) is 2.87. The lowest BCUT2D eigenvalue weighted by atomic mass is 9.89. The van der Waals surface area contributed by atoms with Crippen LogP contribution in [0.25, 0.3) is 6.08 Å². The zero-order chi connectivity index (χ0) is 24.3. The minimum absolute atomic E-state index is 0.0244. The molecule has 2 aromatic carbocycles. The predicted molar refractivity (Wildman–Crippen MR) is 148 cm³/mol. The van der Waals surface area contributed by atoms with Gasteiger partial charge in [-0.2, -0.15) is 0 Å². The Kier molecular flexibility index (Phi) is 10.7. The predicted octanol–water partition coefficient (Wildman–Crippen LogP) is 7.85. The molecule has 34 heavy (non-hydrogen) atoms. The van der Waals surface area contributed by atoms with Gasteiger partial charge in [-0.05, 0) is 47.4 Å². The highest BCUT2D eigenvalue weighted by Crippen LogP contribution is 2.48. The van der Waals surface area contributed by atoms with Crippen LogP contribution in [0.5, 0.6) is 0 Å². The van der Waals surface area contributed by atoms with Crippen molar-refractivity contribution in [1.29, 1.82) is 0 Å². The lowest BCUT2D eigenvalue weighted by molar-refractivity contribution is -0.0874. The number of hydrogen-bond acceptors (Lipinski definition) is 3. The molecule has 0 amide bonds. The molecule has 182 valence electrons. The number of thioether (sulfide) groups is 1. The monoisotopic (exact) mass is 476 g/mol. The molecule has 1 fully saturated rings. The topological polar surface area (TPSA) is 18.5 Å². The van der Waals surface area contributed by atoms with E-state index in [0.29, 0.717) is 24.4 Å². The van der Waals surface area contributed by atoms with Crippen LogP contribution in [-0.2, 0) is 22.3 Å². The van der Waals surface area contributed by atoms with Gasteiger partial charge in [-0.3, -0.25) is 0 Å². The largest absolute Gasteiger partial charge is 0.371 e. The smallest absolute Gasteiger partial charge is 0.100 e. The minimum Gasteiger partial charge on any atom is -0.371 e. The van der Waals surface area contributed by atoms with Crippen molar-refractivity contribution in [3.05, 3.63) is 102 Å². The zero-order valence-corrected chi connectivity index (χ0v) is 21.8. The fourth-order valence-corrected chi connectivity index (χ4v) is 6.35. The summed E-state index contributed by atoms with van der Waals surface area (Å²) in [6, 6.07) is 17.8. The van der Waals surface area contributed by atoms with Crippen LogP contribution < -0.4 is 0 Å². The Morgan fingerprint density at radius 1 is 0.912 bits per heavy atom. The second kappa shape index (κ2) is 13.7. The van der Waals surface area contributed by atoms with Crippen molar-refractivity contribution >= 4 is 17.8 Å². The Morgan fingerprint density at radius 3 is 2.26 bits per heavy atom. The van der Waals surface area contributed by atoms with E-state index < -0.39 is 0 Å². The van der Waals surface area contributed by atoms with Gasteiger partial charge in [0.05, 0.1) is 24.6 Å². The van der Waals surface area contributed by atoms with Crippen LogP contribution in [0, 0.1) is 5.92 Å². The van der Waals surface area contributed by atoms with Crippen molar-refractivity contribution < 1.29 is 9.47 Å². The second-order valence-corrected chi connectivity index (χ2v) is 10.4. The van der Waals surface area contributed by atoms with Crippen LogP contribution in [0.15, 0.2) is 79.9 Å². The summed E-state index contributed by atoms with van der Waals surface area (Å²) in [7, 11) is 0. The molecule has 0 N–H and O–H groups in total. The van der Waals surface area contributed by atoms with Gasteiger partial charge >= 0.3 is 0 Å². The van der Waals surface area contributed by atoms with Gasteiger partial charge in [0.2, 0.25) is 0 Å². The Morgan fingerprint density at radius 2 is 1.62 bits per heavy atom. The SMILES string of the molecule is C=CCO[C@@H]1[C@@H](OCC=C)[C@H](C)[C@@H](CC)S[C@H]1c1cccc(C/C=C/c2ccc(CC)cc2)c1. The molecule has 0 unspecified atom stereocenters. The Balaban J connectivity index is 1.80. The van der Waals surface area contributed by atoms with Crippen molar-refractivity contribution in [2.24, 2.45) is 5.92 Å². The van der Waals surface area contributed by atoms with Gasteiger partial charge in [0.15, 0.2) is 0 Å². The Hall–Kier alpha value is -2.07. The maximum Gasteiger partial charge on any atom is 0.100 e. The molecule has 0 saturated carbocycles. The van der Waals surface area contributed by atoms with Crippen LogP contribution >= 0.6 is 11.8 Å². The van der Waals surface area contributed by atoms with Crippen molar-refractivity contribution in [2.45, 2.75) is 62.7 Å². The van der Waals surface area contributed by atoms with Gasteiger partial charge in [-0.1, -0.05) is 93.6 Å². The van der Waals surface area contributed by atoms with E-state index >= 15 is 0 Å². The number of ether oxygens (including phenoxy) is 2. The van der Waals surface area contributed by atoms with Crippen LogP contribution in [-0.4, -0.2) is 30.7 Å². The first-order valence-electron chi connectivity index (χ1n) is 12.6. The third-order valence-corrected chi connectivity index (χ3v) is 8.54. The maximum absolute atomic E-state index is 6.36. The van der Waals surface area contributed by atoms with Crippen molar-refractivity contribution in [2.75, 3.05) is 13.2 Å². The molecule has 0 radical (unpaired) electrons. The van der Waals surface area contributed by atoms with E-state index in [1.54, 1.807) is 0 Å². The van der Waals surface area contributed by atoms with Gasteiger partial charge in [0.25, 0.3) is 0 Å². The van der Waals surface area contributed by atoms with Gasteiger partial charge in [0, 0.05) is 5.25 Å². The third kappa shape index (κ3) is 6.97. The molecule has 1 aliphatic heterocycles. The summed E-state index contributed by atoms with van der Waals surface area (Å²) in [5.74, 6) is 0.409. The van der Waals surface area contributed by atoms with E-state index in [1.165, 1.54) is 22.3 Å². The van der Waals surface area contributed by atoms with Crippen molar-refractivity contribution in [3.63, 3.8) is 0 Å². The van der Waals surface area contributed by atoms with E-state index in [-0.39, 0.29) is 17.5 Å². The van der Waals surface area contributed by atoms with E-state index in [9.17, 15) is 0 Å². The second-order valence-electron chi connectivity index (χ2n) is 8.98. The van der Waals surface area contributed by atoms with Crippen LogP contribution in [0.2, 0.25) is 0 Å². The molecule has 3 heteroatoms. The van der Waals surface area contributed by atoms with E-state index in [0.717, 1.165) is 19.3 Å². The molecular formula is C31H40O2S. The molecule has 0 aromatic heterocycles. The first-order chi connectivity index (χ1) is 16.6. The third-order valence-electron chi connectivity index (χ3n) is 6.60. The molecule has 0 spiro atoms. The minimum atomic E-state index is -0.0244. The van der Waals surface area contributed by atoms with Crippen LogP contribution in [0.4, 0.5) is 0 Å². The lowest BCUT2D eigenvalue weighted by Crippen LogP contribution is -2.48. The number of aryl methyl sites for hydroxylation is 1. The average molecular weight is 477 g/mol. The molecule has 0 bridgehead atoms. The zero-order valence-electron chi connectivity index (χ0n) is 21.0. The quantitative estimate of drug-likeness (QED) is 0.291. The molecule has 0 aliphatic carbocycles. The highest BCUT2D eigenvalue weighted by atomic mass is 32.2. The van der Waals surface area contributed by atoms with E-state index in [4.69, 9.17) is 9.47 Å².